The van der Waals surface area contributed by atoms with Gasteiger partial charge in [0.1, 0.15) is 11.8 Å². The van der Waals surface area contributed by atoms with Crippen LogP contribution < -0.4 is 14.4 Å². The van der Waals surface area contributed by atoms with E-state index in [1.807, 2.05) is 6.92 Å². The van der Waals surface area contributed by atoms with Gasteiger partial charge in [0, 0.05) is 36.1 Å². The lowest BCUT2D eigenvalue weighted by atomic mass is 10.1. The molecule has 2 amide bonds. The van der Waals surface area contributed by atoms with E-state index in [4.69, 9.17) is 27.9 Å². The van der Waals surface area contributed by atoms with Crippen molar-refractivity contribution in [3.05, 3.63) is 58.1 Å². The van der Waals surface area contributed by atoms with Crippen LogP contribution in [0.2, 0.25) is 10.0 Å². The third-order valence-electron chi connectivity index (χ3n) is 5.46. The van der Waals surface area contributed by atoms with Gasteiger partial charge in [-0.2, -0.15) is 0 Å². The summed E-state index contributed by atoms with van der Waals surface area (Å²) in [5.41, 5.74) is 1.06. The lowest BCUT2D eigenvalue weighted by molar-refractivity contribution is -0.140. The van der Waals surface area contributed by atoms with Crippen LogP contribution >= 0.6 is 23.2 Å². The molecule has 0 spiro atoms. The quantitative estimate of drug-likeness (QED) is 0.391. The second kappa shape index (κ2) is 13.7. The largest absolute Gasteiger partial charge is 0.492 e. The smallest absolute Gasteiger partial charge is 0.242 e. The van der Waals surface area contributed by atoms with E-state index >= 15 is 0 Å². The SMILES string of the molecule is CCNC(=O)[C@@H](C)N(Cc1ccc(Cl)cc1Cl)C(=O)CCCN(c1ccccc1OCC)S(C)(=O)=O. The molecule has 2 aromatic rings. The van der Waals surface area contributed by atoms with Crippen LogP contribution in [0.4, 0.5) is 5.69 Å². The predicted molar refractivity (Wildman–Crippen MR) is 144 cm³/mol. The third-order valence-corrected chi connectivity index (χ3v) is 7.23. The average molecular weight is 559 g/mol. The Bertz CT molecular complexity index is 1160. The molecular formula is C25H33Cl2N3O5S. The van der Waals surface area contributed by atoms with Gasteiger partial charge in [-0.3, -0.25) is 13.9 Å². The van der Waals surface area contributed by atoms with Crippen molar-refractivity contribution < 1.29 is 22.7 Å². The zero-order valence-electron chi connectivity index (χ0n) is 21.0. The molecule has 0 aliphatic heterocycles. The fourth-order valence-corrected chi connectivity index (χ4v) is 5.10. The maximum absolute atomic E-state index is 13.3. The van der Waals surface area contributed by atoms with Crippen molar-refractivity contribution in [3.8, 4) is 5.75 Å². The molecule has 0 aliphatic carbocycles. The number of ether oxygens (including phenoxy) is 1. The van der Waals surface area contributed by atoms with E-state index in [-0.39, 0.29) is 37.7 Å². The topological polar surface area (TPSA) is 96.0 Å². The highest BCUT2D eigenvalue weighted by Gasteiger charge is 2.27. The van der Waals surface area contributed by atoms with Crippen LogP contribution in [0.15, 0.2) is 42.5 Å². The van der Waals surface area contributed by atoms with Crippen LogP contribution in [0, 0.1) is 0 Å². The number of sulfonamides is 1. The van der Waals surface area contributed by atoms with Crippen molar-refractivity contribution in [1.29, 1.82) is 0 Å². The number of nitrogens with zero attached hydrogens (tertiary/aromatic N) is 2. The van der Waals surface area contributed by atoms with E-state index < -0.39 is 16.1 Å². The van der Waals surface area contributed by atoms with Crippen LogP contribution in [-0.2, 0) is 26.2 Å². The van der Waals surface area contributed by atoms with E-state index in [1.165, 1.54) is 9.21 Å². The molecule has 1 atom stereocenters. The van der Waals surface area contributed by atoms with Gasteiger partial charge in [0.2, 0.25) is 21.8 Å². The third kappa shape index (κ3) is 8.28. The maximum Gasteiger partial charge on any atom is 0.242 e. The highest BCUT2D eigenvalue weighted by molar-refractivity contribution is 7.92. The summed E-state index contributed by atoms with van der Waals surface area (Å²) in [5.74, 6) is -0.147. The minimum absolute atomic E-state index is 0.0256. The zero-order valence-corrected chi connectivity index (χ0v) is 23.3. The lowest BCUT2D eigenvalue weighted by Crippen LogP contribution is -2.47. The first-order valence-electron chi connectivity index (χ1n) is 11.7. The van der Waals surface area contributed by atoms with Crippen LogP contribution in [0.5, 0.6) is 5.75 Å². The molecule has 0 bridgehead atoms. The molecule has 0 aliphatic rings. The Kier molecular flexibility index (Phi) is 11.3. The Hall–Kier alpha value is -2.49. The molecule has 0 heterocycles. The molecule has 0 saturated carbocycles. The van der Waals surface area contributed by atoms with Gasteiger partial charge in [-0.1, -0.05) is 41.4 Å². The number of carbonyl (C=O) groups excluding carboxylic acids is 2. The van der Waals surface area contributed by atoms with E-state index in [1.54, 1.807) is 56.3 Å². The maximum atomic E-state index is 13.3. The summed E-state index contributed by atoms with van der Waals surface area (Å²) in [6.45, 7) is 6.25. The van der Waals surface area contributed by atoms with Crippen molar-refractivity contribution in [2.75, 3.05) is 30.3 Å². The number of halogens is 2. The molecule has 2 rings (SSSR count). The first-order valence-corrected chi connectivity index (χ1v) is 14.3. The number of hydrogen-bond donors (Lipinski definition) is 1. The van der Waals surface area contributed by atoms with Gasteiger partial charge < -0.3 is 15.0 Å². The zero-order chi connectivity index (χ0) is 26.9. The van der Waals surface area contributed by atoms with Gasteiger partial charge in [-0.05, 0) is 57.0 Å². The lowest BCUT2D eigenvalue weighted by Gasteiger charge is -2.30. The van der Waals surface area contributed by atoms with Gasteiger partial charge in [0.25, 0.3) is 0 Å². The van der Waals surface area contributed by atoms with E-state index in [9.17, 15) is 18.0 Å². The summed E-state index contributed by atoms with van der Waals surface area (Å²) in [6, 6.07) is 11.1. The molecule has 0 aromatic heterocycles. The number of anilines is 1. The molecule has 0 radical (unpaired) electrons. The monoisotopic (exact) mass is 557 g/mol. The molecule has 0 saturated heterocycles. The summed E-state index contributed by atoms with van der Waals surface area (Å²) in [4.78, 5) is 27.3. The Morgan fingerprint density at radius 1 is 1.11 bits per heavy atom. The average Bonchev–Trinajstić information content (AvgIpc) is 2.81. The second-order valence-electron chi connectivity index (χ2n) is 8.17. The summed E-state index contributed by atoms with van der Waals surface area (Å²) in [7, 11) is -3.64. The Balaban J connectivity index is 2.22. The minimum Gasteiger partial charge on any atom is -0.492 e. The fourth-order valence-electron chi connectivity index (χ4n) is 3.66. The summed E-state index contributed by atoms with van der Waals surface area (Å²) < 4.78 is 32.0. The number of nitrogens with one attached hydrogen (secondary N) is 1. The summed E-state index contributed by atoms with van der Waals surface area (Å²) in [5, 5.41) is 3.59. The standard InChI is InChI=1S/C25H33Cl2N3O5S/c1-5-28-25(32)18(3)29(17-19-13-14-20(26)16-21(19)27)24(31)12-9-15-30(36(4,33)34)22-10-7-8-11-23(22)35-6-2/h7-8,10-11,13-14,16,18H,5-6,9,12,15,17H2,1-4H3,(H,28,32)/t18-/m1/s1. The molecule has 8 nitrogen and oxygen atoms in total. The number of carbonyl (C=O) groups is 2. The Labute approximate surface area is 223 Å². The van der Waals surface area contributed by atoms with Gasteiger partial charge in [-0.15, -0.1) is 0 Å². The predicted octanol–water partition coefficient (Wildman–Crippen LogP) is 4.49. The first-order chi connectivity index (χ1) is 17.0. The van der Waals surface area contributed by atoms with Crippen molar-refractivity contribution in [1.82, 2.24) is 10.2 Å². The second-order valence-corrected chi connectivity index (χ2v) is 10.9. The highest BCUT2D eigenvalue weighted by atomic mass is 35.5. The summed E-state index contributed by atoms with van der Waals surface area (Å²) in [6.07, 6.45) is 1.38. The fraction of sp³-hybridized carbons (Fsp3) is 0.440. The minimum atomic E-state index is -3.64. The molecule has 198 valence electrons. The molecule has 2 aromatic carbocycles. The van der Waals surface area contributed by atoms with Crippen molar-refractivity contribution in [2.45, 2.75) is 46.2 Å². The van der Waals surface area contributed by atoms with E-state index in [0.717, 1.165) is 6.26 Å². The molecule has 36 heavy (non-hydrogen) atoms. The number of para-hydroxylation sites is 2. The molecule has 0 unspecified atom stereocenters. The van der Waals surface area contributed by atoms with Gasteiger partial charge >= 0.3 is 0 Å². The molecule has 0 fully saturated rings. The van der Waals surface area contributed by atoms with Crippen LogP contribution in [-0.4, -0.2) is 57.1 Å². The molecular weight excluding hydrogens is 525 g/mol. The van der Waals surface area contributed by atoms with Gasteiger partial charge in [-0.25, -0.2) is 8.42 Å². The van der Waals surface area contributed by atoms with Crippen molar-refractivity contribution >= 4 is 50.7 Å². The first kappa shape index (κ1) is 29.7. The number of benzene rings is 2. The van der Waals surface area contributed by atoms with Gasteiger partial charge in [0.05, 0.1) is 18.6 Å². The number of amides is 2. The van der Waals surface area contributed by atoms with Crippen LogP contribution in [0.1, 0.15) is 39.2 Å². The van der Waals surface area contributed by atoms with Crippen LogP contribution in [0.25, 0.3) is 0 Å². The van der Waals surface area contributed by atoms with Crippen LogP contribution in [0.3, 0.4) is 0 Å². The van der Waals surface area contributed by atoms with Gasteiger partial charge in [0.15, 0.2) is 0 Å². The van der Waals surface area contributed by atoms with Crippen molar-refractivity contribution in [2.24, 2.45) is 0 Å². The number of hydrogen-bond acceptors (Lipinski definition) is 5. The molecule has 11 heteroatoms. The van der Waals surface area contributed by atoms with Crippen molar-refractivity contribution in [3.63, 3.8) is 0 Å². The Morgan fingerprint density at radius 2 is 1.81 bits per heavy atom. The number of likely N-dealkylation sites (N-methyl/N-ethyl adjacent to an activating group) is 1. The van der Waals surface area contributed by atoms with E-state index in [2.05, 4.69) is 5.32 Å². The Morgan fingerprint density at radius 3 is 2.42 bits per heavy atom. The number of rotatable bonds is 13. The highest BCUT2D eigenvalue weighted by Crippen LogP contribution is 2.30. The summed E-state index contributed by atoms with van der Waals surface area (Å²) >= 11 is 12.3. The normalized spacial score (nSPS) is 12.1. The molecule has 1 N–H and O–H groups in total. The van der Waals surface area contributed by atoms with E-state index in [0.29, 0.717) is 40.2 Å².